The van der Waals surface area contributed by atoms with Crippen LogP contribution in [-0.2, 0) is 4.79 Å². The number of hydrogen-bond donors (Lipinski definition) is 2. The number of hydrogen-bond acceptors (Lipinski definition) is 2. The molecule has 0 heterocycles. The van der Waals surface area contributed by atoms with Gasteiger partial charge in [0, 0.05) is 6.04 Å². The Hall–Kier alpha value is -0.570. The molecule has 1 rings (SSSR count). The Labute approximate surface area is 105 Å². The van der Waals surface area contributed by atoms with Crippen LogP contribution in [0.15, 0.2) is 0 Å². The van der Waals surface area contributed by atoms with Crippen molar-refractivity contribution in [2.45, 2.75) is 70.8 Å². The summed E-state index contributed by atoms with van der Waals surface area (Å²) < 4.78 is 0. The number of carboxylic acids is 1. The summed E-state index contributed by atoms with van der Waals surface area (Å²) in [7, 11) is 0. The second-order valence-electron chi connectivity index (χ2n) is 5.77. The van der Waals surface area contributed by atoms with Crippen LogP contribution in [0.5, 0.6) is 0 Å². The molecule has 0 aromatic carbocycles. The molecule has 3 nitrogen and oxygen atoms in total. The molecule has 1 aliphatic carbocycles. The molecule has 0 aromatic rings. The van der Waals surface area contributed by atoms with Gasteiger partial charge in [0.15, 0.2) is 0 Å². The Morgan fingerprint density at radius 3 is 2.59 bits per heavy atom. The van der Waals surface area contributed by atoms with E-state index in [0.29, 0.717) is 5.92 Å². The summed E-state index contributed by atoms with van der Waals surface area (Å²) in [6.45, 7) is 2.26. The summed E-state index contributed by atoms with van der Waals surface area (Å²) in [5, 5.41) is 8.61. The Bertz CT molecular complexity index is 226. The van der Waals surface area contributed by atoms with Crippen molar-refractivity contribution in [3.05, 3.63) is 0 Å². The largest absolute Gasteiger partial charge is 0.481 e. The fourth-order valence-corrected chi connectivity index (χ4v) is 2.51. The third kappa shape index (κ3) is 6.67. The first kappa shape index (κ1) is 14.5. The molecule has 0 amide bonds. The van der Waals surface area contributed by atoms with Crippen molar-refractivity contribution in [3.63, 3.8) is 0 Å². The van der Waals surface area contributed by atoms with Gasteiger partial charge in [0.05, 0.1) is 6.42 Å². The van der Waals surface area contributed by atoms with E-state index in [-0.39, 0.29) is 12.5 Å². The molecule has 3 heteroatoms. The molecule has 100 valence electrons. The minimum absolute atomic E-state index is 0.106. The first-order valence-corrected chi connectivity index (χ1v) is 7.05. The molecular formula is C14H27NO2. The molecule has 0 saturated heterocycles. The Morgan fingerprint density at radius 1 is 1.35 bits per heavy atom. The minimum Gasteiger partial charge on any atom is -0.481 e. The number of nitrogens with two attached hydrogens (primary N) is 1. The van der Waals surface area contributed by atoms with E-state index in [4.69, 9.17) is 10.8 Å². The van der Waals surface area contributed by atoms with Gasteiger partial charge >= 0.3 is 5.97 Å². The summed E-state index contributed by atoms with van der Waals surface area (Å²) in [6.07, 6.45) is 10.3. The zero-order valence-electron chi connectivity index (χ0n) is 11.0. The minimum atomic E-state index is -0.782. The average molecular weight is 241 g/mol. The van der Waals surface area contributed by atoms with Crippen molar-refractivity contribution in [1.82, 2.24) is 0 Å². The molecule has 17 heavy (non-hydrogen) atoms. The van der Waals surface area contributed by atoms with Gasteiger partial charge in [-0.05, 0) is 24.7 Å². The highest BCUT2D eigenvalue weighted by Gasteiger charge is 2.17. The molecule has 1 fully saturated rings. The van der Waals surface area contributed by atoms with Crippen molar-refractivity contribution < 1.29 is 9.90 Å². The van der Waals surface area contributed by atoms with Crippen LogP contribution in [0, 0.1) is 11.8 Å². The van der Waals surface area contributed by atoms with Crippen LogP contribution in [0.2, 0.25) is 0 Å². The van der Waals surface area contributed by atoms with Crippen molar-refractivity contribution >= 4 is 5.97 Å². The second kappa shape index (κ2) is 7.70. The Morgan fingerprint density at radius 2 is 2.06 bits per heavy atom. The molecule has 0 bridgehead atoms. The van der Waals surface area contributed by atoms with E-state index >= 15 is 0 Å². The van der Waals surface area contributed by atoms with E-state index in [0.717, 1.165) is 18.8 Å². The summed E-state index contributed by atoms with van der Waals surface area (Å²) in [5.74, 6) is 0.918. The summed E-state index contributed by atoms with van der Waals surface area (Å²) in [4.78, 5) is 10.5. The van der Waals surface area contributed by atoms with E-state index in [1.807, 2.05) is 0 Å². The van der Waals surface area contributed by atoms with Crippen molar-refractivity contribution in [2.24, 2.45) is 17.6 Å². The zero-order valence-corrected chi connectivity index (χ0v) is 11.0. The topological polar surface area (TPSA) is 63.3 Å². The first-order valence-electron chi connectivity index (χ1n) is 7.05. The third-order valence-corrected chi connectivity index (χ3v) is 4.00. The van der Waals surface area contributed by atoms with Crippen molar-refractivity contribution in [1.29, 1.82) is 0 Å². The predicted molar refractivity (Wildman–Crippen MR) is 69.8 cm³/mol. The summed E-state index contributed by atoms with van der Waals surface area (Å²) in [5.41, 5.74) is 5.75. The van der Waals surface area contributed by atoms with Crippen LogP contribution in [0.25, 0.3) is 0 Å². The smallest absolute Gasteiger partial charge is 0.304 e. The van der Waals surface area contributed by atoms with Gasteiger partial charge in [-0.1, -0.05) is 45.4 Å². The number of carbonyl (C=O) groups is 1. The van der Waals surface area contributed by atoms with Gasteiger partial charge in [-0.25, -0.2) is 0 Å². The molecule has 0 aromatic heterocycles. The van der Waals surface area contributed by atoms with Gasteiger partial charge in [0.1, 0.15) is 0 Å². The Kier molecular flexibility index (Phi) is 6.56. The zero-order chi connectivity index (χ0) is 12.7. The molecule has 1 saturated carbocycles. The second-order valence-corrected chi connectivity index (χ2v) is 5.77. The van der Waals surface area contributed by atoms with Crippen LogP contribution in [0.3, 0.4) is 0 Å². The molecule has 0 radical (unpaired) electrons. The van der Waals surface area contributed by atoms with E-state index in [1.54, 1.807) is 0 Å². The van der Waals surface area contributed by atoms with E-state index in [2.05, 4.69) is 6.92 Å². The molecule has 0 spiro atoms. The lowest BCUT2D eigenvalue weighted by Gasteiger charge is -2.25. The summed E-state index contributed by atoms with van der Waals surface area (Å²) >= 11 is 0. The van der Waals surface area contributed by atoms with Gasteiger partial charge in [-0.15, -0.1) is 0 Å². The highest BCUT2D eigenvalue weighted by molar-refractivity contribution is 5.67. The molecule has 1 aliphatic rings. The summed E-state index contributed by atoms with van der Waals surface area (Å²) in [6, 6.07) is -0.165. The first-order chi connectivity index (χ1) is 8.08. The van der Waals surface area contributed by atoms with Gasteiger partial charge < -0.3 is 10.8 Å². The van der Waals surface area contributed by atoms with Crippen molar-refractivity contribution in [2.75, 3.05) is 0 Å². The van der Waals surface area contributed by atoms with E-state index < -0.39 is 5.97 Å². The average Bonchev–Trinajstić information content (AvgIpc) is 2.18. The Balaban J connectivity index is 1.95. The standard InChI is InChI=1S/C14H27NO2/c1-11(4-2-5-12-6-3-7-12)8-9-13(15)10-14(16)17/h11-13H,2-10,15H2,1H3,(H,16,17)/t11-,13+/m1/s1. The predicted octanol–water partition coefficient (Wildman–Crippen LogP) is 3.18. The highest BCUT2D eigenvalue weighted by atomic mass is 16.4. The maximum atomic E-state index is 10.5. The van der Waals surface area contributed by atoms with Crippen LogP contribution in [0.1, 0.15) is 64.7 Å². The lowest BCUT2D eigenvalue weighted by Crippen LogP contribution is -2.24. The molecule has 2 atom stereocenters. The maximum Gasteiger partial charge on any atom is 0.304 e. The van der Waals surface area contributed by atoms with Crippen LogP contribution in [0.4, 0.5) is 0 Å². The number of rotatable bonds is 9. The lowest BCUT2D eigenvalue weighted by molar-refractivity contribution is -0.137. The monoisotopic (exact) mass is 241 g/mol. The normalized spacial score (nSPS) is 19.6. The number of aliphatic carboxylic acids is 1. The highest BCUT2D eigenvalue weighted by Crippen LogP contribution is 2.31. The van der Waals surface area contributed by atoms with E-state index in [9.17, 15) is 4.79 Å². The quantitative estimate of drug-likeness (QED) is 0.651. The molecular weight excluding hydrogens is 214 g/mol. The maximum absolute atomic E-state index is 10.5. The van der Waals surface area contributed by atoms with Crippen LogP contribution < -0.4 is 5.73 Å². The fraction of sp³-hybridized carbons (Fsp3) is 0.929. The van der Waals surface area contributed by atoms with Crippen molar-refractivity contribution in [3.8, 4) is 0 Å². The fourth-order valence-electron chi connectivity index (χ4n) is 2.51. The SMILES string of the molecule is C[C@H](CCCC1CCC1)CC[C@H](N)CC(=O)O. The molecule has 0 aliphatic heterocycles. The third-order valence-electron chi connectivity index (χ3n) is 4.00. The molecule has 3 N–H and O–H groups in total. The van der Waals surface area contributed by atoms with E-state index in [1.165, 1.54) is 38.5 Å². The lowest BCUT2D eigenvalue weighted by atomic mass is 9.81. The van der Waals surface area contributed by atoms with Gasteiger partial charge in [0.25, 0.3) is 0 Å². The van der Waals surface area contributed by atoms with Gasteiger partial charge in [-0.2, -0.15) is 0 Å². The van der Waals surface area contributed by atoms with Crippen LogP contribution >= 0.6 is 0 Å². The van der Waals surface area contributed by atoms with Gasteiger partial charge in [-0.3, -0.25) is 4.79 Å². The van der Waals surface area contributed by atoms with Crippen LogP contribution in [-0.4, -0.2) is 17.1 Å². The number of carboxylic acid groups (broad SMARTS) is 1. The van der Waals surface area contributed by atoms with Gasteiger partial charge in [0.2, 0.25) is 0 Å². The molecule has 0 unspecified atom stereocenters.